The van der Waals surface area contributed by atoms with Gasteiger partial charge in [0.15, 0.2) is 17.5 Å². The summed E-state index contributed by atoms with van der Waals surface area (Å²) in [4.78, 5) is 15.3. The van der Waals surface area contributed by atoms with E-state index < -0.39 is 28.8 Å². The molecule has 1 aromatic heterocycles. The number of aliphatic hydroxyl groups is 1. The number of rotatable bonds is 5. The summed E-state index contributed by atoms with van der Waals surface area (Å²) in [6.07, 6.45) is 0.835. The van der Waals surface area contributed by atoms with Crippen molar-refractivity contribution in [1.82, 2.24) is 9.55 Å². The Kier molecular flexibility index (Phi) is 5.46. The largest absolute Gasteiger partial charge is 0.392 e. The topological polar surface area (TPSA) is 67.2 Å². The molecular weight excluding hydrogens is 378 g/mol. The first-order valence-corrected chi connectivity index (χ1v) is 8.16. The predicted molar refractivity (Wildman–Crippen MR) is 94.3 cm³/mol. The molecule has 1 heterocycles. The average molecular weight is 393 g/mol. The molecule has 0 bridgehead atoms. The van der Waals surface area contributed by atoms with Gasteiger partial charge in [0, 0.05) is 11.9 Å². The number of nitrogens with one attached hydrogen (secondary N) is 1. The summed E-state index contributed by atoms with van der Waals surface area (Å²) < 4.78 is 55.0. The molecule has 0 unspecified atom stereocenters. The molecule has 0 aliphatic heterocycles. The SMILES string of the molecule is Cc1ccc(CO)cc1Nc1nc(=O)c(F)cn1Cc1cc(F)c(F)c(F)c1. The molecule has 0 aliphatic rings. The highest BCUT2D eigenvalue weighted by atomic mass is 19.2. The minimum absolute atomic E-state index is 0.00475. The molecule has 2 aromatic carbocycles. The maximum absolute atomic E-state index is 13.8. The van der Waals surface area contributed by atoms with Crippen LogP contribution in [-0.4, -0.2) is 14.7 Å². The van der Waals surface area contributed by atoms with Gasteiger partial charge in [-0.3, -0.25) is 4.79 Å². The van der Waals surface area contributed by atoms with Crippen molar-refractivity contribution in [3.05, 3.63) is 86.8 Å². The molecule has 5 nitrogen and oxygen atoms in total. The molecule has 0 saturated heterocycles. The summed E-state index contributed by atoms with van der Waals surface area (Å²) in [7, 11) is 0. The van der Waals surface area contributed by atoms with Crippen molar-refractivity contribution >= 4 is 11.6 Å². The molecule has 9 heteroatoms. The van der Waals surface area contributed by atoms with Gasteiger partial charge in [-0.15, -0.1) is 0 Å². The lowest BCUT2D eigenvalue weighted by atomic mass is 10.1. The first-order valence-electron chi connectivity index (χ1n) is 8.16. The minimum Gasteiger partial charge on any atom is -0.392 e. The van der Waals surface area contributed by atoms with E-state index in [4.69, 9.17) is 0 Å². The maximum Gasteiger partial charge on any atom is 0.310 e. The average Bonchev–Trinajstić information content (AvgIpc) is 2.65. The van der Waals surface area contributed by atoms with Crippen LogP contribution in [0.5, 0.6) is 0 Å². The number of hydrogen-bond donors (Lipinski definition) is 2. The highest BCUT2D eigenvalue weighted by Gasteiger charge is 2.14. The van der Waals surface area contributed by atoms with E-state index in [1.165, 1.54) is 0 Å². The molecule has 0 saturated carbocycles. The second-order valence-corrected chi connectivity index (χ2v) is 6.15. The molecule has 0 fully saturated rings. The highest BCUT2D eigenvalue weighted by Crippen LogP contribution is 2.22. The van der Waals surface area contributed by atoms with Crippen LogP contribution >= 0.6 is 0 Å². The highest BCUT2D eigenvalue weighted by molar-refractivity contribution is 5.59. The van der Waals surface area contributed by atoms with Crippen LogP contribution in [0.4, 0.5) is 29.2 Å². The lowest BCUT2D eigenvalue weighted by Crippen LogP contribution is -2.20. The predicted octanol–water partition coefficient (Wildman–Crippen LogP) is 3.39. The number of benzene rings is 2. The van der Waals surface area contributed by atoms with Gasteiger partial charge in [-0.1, -0.05) is 12.1 Å². The molecule has 2 N–H and O–H groups in total. The second kappa shape index (κ2) is 7.81. The van der Waals surface area contributed by atoms with Crippen LogP contribution < -0.4 is 10.9 Å². The normalized spacial score (nSPS) is 10.9. The number of nitrogens with zero attached hydrogens (tertiary/aromatic N) is 2. The van der Waals surface area contributed by atoms with Crippen LogP contribution in [0.3, 0.4) is 0 Å². The quantitative estimate of drug-likeness (QED) is 0.515. The van der Waals surface area contributed by atoms with Crippen molar-refractivity contribution in [1.29, 1.82) is 0 Å². The lowest BCUT2D eigenvalue weighted by Gasteiger charge is -2.16. The van der Waals surface area contributed by atoms with Gasteiger partial charge in [0.05, 0.1) is 13.2 Å². The Balaban J connectivity index is 2.03. The summed E-state index contributed by atoms with van der Waals surface area (Å²) in [5.41, 5.74) is 0.722. The number of halogens is 4. The number of aromatic nitrogens is 2. The van der Waals surface area contributed by atoms with Crippen LogP contribution in [0, 0.1) is 30.2 Å². The minimum atomic E-state index is -1.61. The third kappa shape index (κ3) is 4.04. The first kappa shape index (κ1) is 19.6. The summed E-state index contributed by atoms with van der Waals surface area (Å²) in [6.45, 7) is 1.27. The summed E-state index contributed by atoms with van der Waals surface area (Å²) in [6, 6.07) is 6.60. The van der Waals surface area contributed by atoms with E-state index in [1.807, 2.05) is 0 Å². The van der Waals surface area contributed by atoms with Crippen molar-refractivity contribution in [2.45, 2.75) is 20.1 Å². The van der Waals surface area contributed by atoms with E-state index in [2.05, 4.69) is 10.3 Å². The lowest BCUT2D eigenvalue weighted by molar-refractivity contribution is 0.282. The Bertz CT molecular complexity index is 1080. The van der Waals surface area contributed by atoms with E-state index in [9.17, 15) is 27.5 Å². The molecule has 0 amide bonds. The smallest absolute Gasteiger partial charge is 0.310 e. The van der Waals surface area contributed by atoms with E-state index in [0.29, 0.717) is 11.3 Å². The number of hydrogen-bond acceptors (Lipinski definition) is 4. The van der Waals surface area contributed by atoms with Gasteiger partial charge in [0.1, 0.15) is 0 Å². The Labute approximate surface area is 156 Å². The van der Waals surface area contributed by atoms with Gasteiger partial charge in [-0.25, -0.2) is 13.2 Å². The fourth-order valence-electron chi connectivity index (χ4n) is 2.61. The Morgan fingerprint density at radius 3 is 2.36 bits per heavy atom. The Morgan fingerprint density at radius 2 is 1.71 bits per heavy atom. The van der Waals surface area contributed by atoms with Crippen molar-refractivity contribution in [3.63, 3.8) is 0 Å². The van der Waals surface area contributed by atoms with Crippen molar-refractivity contribution in [3.8, 4) is 0 Å². The molecule has 146 valence electrons. The zero-order chi connectivity index (χ0) is 20.4. The van der Waals surface area contributed by atoms with Crippen LogP contribution in [0.2, 0.25) is 0 Å². The monoisotopic (exact) mass is 393 g/mol. The zero-order valence-electron chi connectivity index (χ0n) is 14.6. The second-order valence-electron chi connectivity index (χ2n) is 6.15. The Hall–Kier alpha value is -3.20. The molecule has 0 radical (unpaired) electrons. The molecule has 28 heavy (non-hydrogen) atoms. The Morgan fingerprint density at radius 1 is 1.04 bits per heavy atom. The fraction of sp³-hybridized carbons (Fsp3) is 0.158. The zero-order valence-corrected chi connectivity index (χ0v) is 14.6. The molecule has 3 rings (SSSR count). The van der Waals surface area contributed by atoms with Gasteiger partial charge in [0.2, 0.25) is 11.8 Å². The number of anilines is 2. The molecule has 0 aliphatic carbocycles. The van der Waals surface area contributed by atoms with Crippen LogP contribution in [0.15, 0.2) is 41.3 Å². The van der Waals surface area contributed by atoms with E-state index in [-0.39, 0.29) is 24.7 Å². The first-order chi connectivity index (χ1) is 13.3. The van der Waals surface area contributed by atoms with E-state index in [1.54, 1.807) is 25.1 Å². The third-order valence-electron chi connectivity index (χ3n) is 4.08. The number of aliphatic hydroxyl groups excluding tert-OH is 1. The van der Waals surface area contributed by atoms with Crippen molar-refractivity contribution in [2.75, 3.05) is 5.32 Å². The molecular formula is C19H15F4N3O2. The van der Waals surface area contributed by atoms with Crippen LogP contribution in [-0.2, 0) is 13.2 Å². The van der Waals surface area contributed by atoms with Gasteiger partial charge in [0.25, 0.3) is 0 Å². The molecule has 3 aromatic rings. The van der Waals surface area contributed by atoms with Crippen LogP contribution in [0.1, 0.15) is 16.7 Å². The molecule has 0 atom stereocenters. The summed E-state index contributed by atoms with van der Waals surface area (Å²) in [5.74, 6) is -5.62. The summed E-state index contributed by atoms with van der Waals surface area (Å²) in [5, 5.41) is 12.1. The standard InChI is InChI=1S/C19H15F4N3O2/c1-10-2-3-11(9-27)6-16(10)24-19-25-18(28)15(22)8-26(19)7-12-4-13(20)17(23)14(21)5-12/h2-6,8,27H,7,9H2,1H3,(H,24,25,28). The van der Waals surface area contributed by atoms with Gasteiger partial charge >= 0.3 is 5.56 Å². The maximum atomic E-state index is 13.8. The van der Waals surface area contributed by atoms with E-state index >= 15 is 0 Å². The van der Waals surface area contributed by atoms with Gasteiger partial charge in [-0.2, -0.15) is 9.37 Å². The number of aryl methyl sites for hydroxylation is 1. The van der Waals surface area contributed by atoms with Gasteiger partial charge in [-0.05, 0) is 41.8 Å². The van der Waals surface area contributed by atoms with E-state index in [0.717, 1.165) is 28.5 Å². The van der Waals surface area contributed by atoms with Crippen LogP contribution in [0.25, 0.3) is 0 Å². The third-order valence-corrected chi connectivity index (χ3v) is 4.08. The molecule has 0 spiro atoms. The van der Waals surface area contributed by atoms with Gasteiger partial charge < -0.3 is 15.0 Å². The fourth-order valence-corrected chi connectivity index (χ4v) is 2.61. The summed E-state index contributed by atoms with van der Waals surface area (Å²) >= 11 is 0. The van der Waals surface area contributed by atoms with Crippen molar-refractivity contribution < 1.29 is 22.7 Å². The van der Waals surface area contributed by atoms with Crippen molar-refractivity contribution in [2.24, 2.45) is 0 Å².